The quantitative estimate of drug-likeness (QED) is 0.725. The minimum Gasteiger partial charge on any atom is -0.385 e. The van der Waals surface area contributed by atoms with Gasteiger partial charge in [0.05, 0.1) is 12.1 Å². The molecule has 3 nitrogen and oxygen atoms in total. The monoisotopic (exact) mass is 352 g/mol. The molecule has 0 spiro atoms. The normalized spacial score (nSPS) is 11.6. The van der Waals surface area contributed by atoms with Crippen molar-refractivity contribution in [2.24, 2.45) is 0 Å². The Kier molecular flexibility index (Phi) is 6.28. The van der Waals surface area contributed by atoms with Gasteiger partial charge >= 0.3 is 6.18 Å². The molecule has 0 aliphatic rings. The number of unbranched alkanes of at least 4 members (excludes halogenated alkanes) is 2. The molecule has 0 aliphatic heterocycles. The molecular weight excluding hydrogens is 329 g/mol. The van der Waals surface area contributed by atoms with E-state index in [0.29, 0.717) is 5.56 Å². The lowest BCUT2D eigenvalue weighted by molar-refractivity contribution is -0.137. The molecule has 0 saturated heterocycles. The Morgan fingerprint density at radius 1 is 1.08 bits per heavy atom. The molecule has 25 heavy (non-hydrogen) atoms. The molecule has 1 heterocycles. The summed E-state index contributed by atoms with van der Waals surface area (Å²) in [5.74, 6) is 0. The van der Waals surface area contributed by atoms with Gasteiger partial charge < -0.3 is 9.88 Å². The van der Waals surface area contributed by atoms with E-state index in [0.717, 1.165) is 49.3 Å². The molecule has 0 atom stereocenters. The van der Waals surface area contributed by atoms with E-state index in [9.17, 15) is 18.0 Å². The molecule has 2 rings (SSSR count). The Morgan fingerprint density at radius 2 is 1.76 bits per heavy atom. The van der Waals surface area contributed by atoms with E-state index in [-0.39, 0.29) is 12.1 Å². The number of hydrogen-bond acceptors (Lipinski definition) is 2. The molecular formula is C19H23F3N2O. The SMILES string of the molecule is CCCCCNc1cc(C)n(Cc2ccc(C(F)(F)F)cc2)c(=O)c1. The highest BCUT2D eigenvalue weighted by Gasteiger charge is 2.29. The van der Waals surface area contributed by atoms with E-state index in [1.165, 1.54) is 18.2 Å². The topological polar surface area (TPSA) is 34.0 Å². The van der Waals surface area contributed by atoms with Crippen molar-refractivity contribution in [3.63, 3.8) is 0 Å². The first kappa shape index (κ1) is 19.1. The van der Waals surface area contributed by atoms with Gasteiger partial charge in [0.15, 0.2) is 0 Å². The molecule has 1 aromatic heterocycles. The summed E-state index contributed by atoms with van der Waals surface area (Å²) in [6, 6.07) is 8.32. The largest absolute Gasteiger partial charge is 0.416 e. The number of anilines is 1. The van der Waals surface area contributed by atoms with Gasteiger partial charge in [-0.3, -0.25) is 4.79 Å². The molecule has 0 bridgehead atoms. The molecule has 0 unspecified atom stereocenters. The van der Waals surface area contributed by atoms with Gasteiger partial charge in [-0.2, -0.15) is 13.2 Å². The Bertz CT molecular complexity index is 749. The van der Waals surface area contributed by atoms with Gasteiger partial charge in [0.2, 0.25) is 0 Å². The number of hydrogen-bond donors (Lipinski definition) is 1. The number of benzene rings is 1. The van der Waals surface area contributed by atoms with Crippen LogP contribution < -0.4 is 10.9 Å². The van der Waals surface area contributed by atoms with Crippen molar-refractivity contribution >= 4 is 5.69 Å². The number of alkyl halides is 3. The van der Waals surface area contributed by atoms with Crippen molar-refractivity contribution < 1.29 is 13.2 Å². The number of nitrogens with zero attached hydrogens (tertiary/aromatic N) is 1. The first-order valence-corrected chi connectivity index (χ1v) is 8.42. The number of aromatic nitrogens is 1. The summed E-state index contributed by atoms with van der Waals surface area (Å²) < 4.78 is 39.4. The van der Waals surface area contributed by atoms with Crippen molar-refractivity contribution in [2.75, 3.05) is 11.9 Å². The predicted octanol–water partition coefficient (Wildman–Crippen LogP) is 4.83. The second-order valence-electron chi connectivity index (χ2n) is 6.14. The molecule has 0 saturated carbocycles. The fourth-order valence-electron chi connectivity index (χ4n) is 2.62. The third-order valence-corrected chi connectivity index (χ3v) is 4.07. The predicted molar refractivity (Wildman–Crippen MR) is 94.0 cm³/mol. The van der Waals surface area contributed by atoms with Crippen molar-refractivity contribution in [1.82, 2.24) is 4.57 Å². The highest BCUT2D eigenvalue weighted by molar-refractivity contribution is 5.43. The Labute approximate surface area is 145 Å². The van der Waals surface area contributed by atoms with E-state index in [1.54, 1.807) is 4.57 Å². The zero-order valence-electron chi connectivity index (χ0n) is 14.5. The summed E-state index contributed by atoms with van der Waals surface area (Å²) in [7, 11) is 0. The standard InChI is InChI=1S/C19H23F3N2O/c1-3-4-5-10-23-17-11-14(2)24(18(25)12-17)13-15-6-8-16(9-7-15)19(20,21)22/h6-9,11-12,23H,3-5,10,13H2,1-2H3. The minimum absolute atomic E-state index is 0.169. The van der Waals surface area contributed by atoms with Crippen molar-refractivity contribution in [1.29, 1.82) is 0 Å². The fraction of sp³-hybridized carbons (Fsp3) is 0.421. The van der Waals surface area contributed by atoms with Crippen molar-refractivity contribution in [3.05, 3.63) is 63.6 Å². The van der Waals surface area contributed by atoms with Crippen LogP contribution in [-0.2, 0) is 12.7 Å². The fourth-order valence-corrected chi connectivity index (χ4v) is 2.62. The van der Waals surface area contributed by atoms with E-state index in [4.69, 9.17) is 0 Å². The second kappa shape index (κ2) is 8.23. The second-order valence-corrected chi connectivity index (χ2v) is 6.14. The Morgan fingerprint density at radius 3 is 2.32 bits per heavy atom. The number of pyridine rings is 1. The maximum absolute atomic E-state index is 12.6. The van der Waals surface area contributed by atoms with Gasteiger partial charge in [0.25, 0.3) is 5.56 Å². The van der Waals surface area contributed by atoms with Crippen LogP contribution in [0.15, 0.2) is 41.2 Å². The highest BCUT2D eigenvalue weighted by Crippen LogP contribution is 2.29. The lowest BCUT2D eigenvalue weighted by atomic mass is 10.1. The van der Waals surface area contributed by atoms with Crippen LogP contribution in [0.25, 0.3) is 0 Å². The summed E-state index contributed by atoms with van der Waals surface area (Å²) in [4.78, 5) is 12.3. The zero-order chi connectivity index (χ0) is 18.4. The van der Waals surface area contributed by atoms with Gasteiger partial charge in [0.1, 0.15) is 0 Å². The number of nitrogens with one attached hydrogen (secondary N) is 1. The summed E-state index contributed by atoms with van der Waals surface area (Å²) in [5.41, 5.74) is 1.35. The minimum atomic E-state index is -4.35. The molecule has 0 fully saturated rings. The van der Waals surface area contributed by atoms with Crippen LogP contribution in [-0.4, -0.2) is 11.1 Å². The molecule has 0 aliphatic carbocycles. The van der Waals surface area contributed by atoms with Gasteiger partial charge in [-0.05, 0) is 37.1 Å². The Balaban J connectivity index is 2.11. The average Bonchev–Trinajstić information content (AvgIpc) is 2.55. The Hall–Kier alpha value is -2.24. The maximum atomic E-state index is 12.6. The van der Waals surface area contributed by atoms with Crippen molar-refractivity contribution in [3.8, 4) is 0 Å². The summed E-state index contributed by atoms with van der Waals surface area (Å²) >= 11 is 0. The molecule has 0 radical (unpaired) electrons. The van der Waals surface area contributed by atoms with Gasteiger partial charge in [-0.25, -0.2) is 0 Å². The third-order valence-electron chi connectivity index (χ3n) is 4.07. The van der Waals surface area contributed by atoms with Gasteiger partial charge in [0, 0.05) is 24.0 Å². The number of halogens is 3. The van der Waals surface area contributed by atoms with Crippen LogP contribution in [0.3, 0.4) is 0 Å². The van der Waals surface area contributed by atoms with Crippen LogP contribution >= 0.6 is 0 Å². The number of aryl methyl sites for hydroxylation is 1. The van der Waals surface area contributed by atoms with Crippen LogP contribution in [0.5, 0.6) is 0 Å². The molecule has 1 N–H and O–H groups in total. The zero-order valence-corrected chi connectivity index (χ0v) is 14.5. The molecule has 6 heteroatoms. The summed E-state index contributed by atoms with van der Waals surface area (Å²) in [6.45, 7) is 5.02. The van der Waals surface area contributed by atoms with Gasteiger partial charge in [-0.1, -0.05) is 31.9 Å². The average molecular weight is 352 g/mol. The van der Waals surface area contributed by atoms with Crippen molar-refractivity contribution in [2.45, 2.75) is 45.8 Å². The van der Waals surface area contributed by atoms with E-state index in [2.05, 4.69) is 12.2 Å². The van der Waals surface area contributed by atoms with Crippen LogP contribution in [0, 0.1) is 6.92 Å². The maximum Gasteiger partial charge on any atom is 0.416 e. The molecule has 0 amide bonds. The first-order chi connectivity index (χ1) is 11.8. The van der Waals surface area contributed by atoms with Crippen LogP contribution in [0.1, 0.15) is 43.0 Å². The smallest absolute Gasteiger partial charge is 0.385 e. The molecule has 2 aromatic rings. The summed E-state index contributed by atoms with van der Waals surface area (Å²) in [5, 5.41) is 3.24. The summed E-state index contributed by atoms with van der Waals surface area (Å²) in [6.07, 6.45) is -1.03. The van der Waals surface area contributed by atoms with E-state index in [1.807, 2.05) is 13.0 Å². The molecule has 1 aromatic carbocycles. The van der Waals surface area contributed by atoms with Crippen LogP contribution in [0.4, 0.5) is 18.9 Å². The van der Waals surface area contributed by atoms with Crippen LogP contribution in [0.2, 0.25) is 0 Å². The van der Waals surface area contributed by atoms with E-state index >= 15 is 0 Å². The van der Waals surface area contributed by atoms with E-state index < -0.39 is 11.7 Å². The molecule has 136 valence electrons. The third kappa shape index (κ3) is 5.37. The number of rotatable bonds is 7. The lowest BCUT2D eigenvalue weighted by Crippen LogP contribution is -2.23. The lowest BCUT2D eigenvalue weighted by Gasteiger charge is -2.14. The van der Waals surface area contributed by atoms with Gasteiger partial charge in [-0.15, -0.1) is 0 Å². The highest BCUT2D eigenvalue weighted by atomic mass is 19.4. The first-order valence-electron chi connectivity index (χ1n) is 8.42.